The van der Waals surface area contributed by atoms with E-state index < -0.39 is 18.4 Å². The van der Waals surface area contributed by atoms with E-state index >= 15 is 0 Å². The second-order valence-electron chi connectivity index (χ2n) is 4.30. The van der Waals surface area contributed by atoms with Crippen molar-refractivity contribution in [1.29, 1.82) is 0 Å². The summed E-state index contributed by atoms with van der Waals surface area (Å²) in [5.41, 5.74) is 6.02. The van der Waals surface area contributed by atoms with Crippen LogP contribution in [0.2, 0.25) is 0 Å². The number of fused-ring (bicyclic) bond motifs is 1. The Bertz CT molecular complexity index is 618. The van der Waals surface area contributed by atoms with Crippen LogP contribution < -0.4 is 5.73 Å². The molecular weight excluding hydrogens is 257 g/mol. The van der Waals surface area contributed by atoms with Crippen LogP contribution >= 0.6 is 0 Å². The van der Waals surface area contributed by atoms with Crippen LogP contribution in [-0.4, -0.2) is 49.0 Å². The summed E-state index contributed by atoms with van der Waals surface area (Å²) >= 11 is 0. The Labute approximate surface area is 106 Å². The van der Waals surface area contributed by atoms with Crippen LogP contribution in [0.15, 0.2) is 6.33 Å². The third kappa shape index (κ3) is 1.74. The van der Waals surface area contributed by atoms with E-state index in [-0.39, 0.29) is 36.1 Å². The number of aliphatic hydroxyl groups excluding tert-OH is 2. The zero-order chi connectivity index (χ0) is 13.6. The Hall–Kier alpha value is -1.84. The highest BCUT2D eigenvalue weighted by molar-refractivity contribution is 5.81. The second-order valence-corrected chi connectivity index (χ2v) is 4.30. The fourth-order valence-electron chi connectivity index (χ4n) is 2.23. The van der Waals surface area contributed by atoms with Crippen LogP contribution in [0.5, 0.6) is 0 Å². The van der Waals surface area contributed by atoms with Gasteiger partial charge in [0.1, 0.15) is 6.23 Å². The van der Waals surface area contributed by atoms with Crippen LogP contribution in [0, 0.1) is 12.0 Å². The first-order valence-corrected chi connectivity index (χ1v) is 5.68. The summed E-state index contributed by atoms with van der Waals surface area (Å²) in [6.07, 6.45) is -0.557. The lowest BCUT2D eigenvalue weighted by molar-refractivity contribution is -0.243. The molecular formula is C10H12FN5O3. The summed E-state index contributed by atoms with van der Waals surface area (Å²) in [4.78, 5) is 11.0. The van der Waals surface area contributed by atoms with E-state index in [9.17, 15) is 9.50 Å². The van der Waals surface area contributed by atoms with Gasteiger partial charge in [0, 0.05) is 0 Å². The SMILES string of the molecule is Nc1nc(F)nc2c1ncn2C1OC(CO)C1CO. The van der Waals surface area contributed by atoms with Gasteiger partial charge in [-0.2, -0.15) is 14.4 Å². The summed E-state index contributed by atoms with van der Waals surface area (Å²) in [6, 6.07) is 0. The average Bonchev–Trinajstić information content (AvgIpc) is 2.73. The first-order chi connectivity index (χ1) is 9.15. The highest BCUT2D eigenvalue weighted by atomic mass is 19.1. The van der Waals surface area contributed by atoms with Gasteiger partial charge in [-0.1, -0.05) is 0 Å². The number of halogens is 1. The summed E-state index contributed by atoms with van der Waals surface area (Å²) in [7, 11) is 0. The van der Waals surface area contributed by atoms with Gasteiger partial charge in [0.05, 0.1) is 31.6 Å². The lowest BCUT2D eigenvalue weighted by Crippen LogP contribution is -2.49. The first-order valence-electron chi connectivity index (χ1n) is 5.68. The summed E-state index contributed by atoms with van der Waals surface area (Å²) in [5, 5.41) is 18.3. The lowest BCUT2D eigenvalue weighted by atomic mass is 9.95. The molecule has 9 heteroatoms. The Morgan fingerprint density at radius 1 is 1.37 bits per heavy atom. The molecule has 19 heavy (non-hydrogen) atoms. The van der Waals surface area contributed by atoms with Crippen molar-refractivity contribution in [2.75, 3.05) is 18.9 Å². The molecule has 0 radical (unpaired) electrons. The highest BCUT2D eigenvalue weighted by Crippen LogP contribution is 2.38. The number of hydrogen-bond donors (Lipinski definition) is 3. The summed E-state index contributed by atoms with van der Waals surface area (Å²) in [5.74, 6) is -0.360. The van der Waals surface area contributed by atoms with Crippen LogP contribution in [0.3, 0.4) is 0 Å². The molecule has 0 bridgehead atoms. The zero-order valence-corrected chi connectivity index (χ0v) is 9.77. The fourth-order valence-corrected chi connectivity index (χ4v) is 2.23. The molecule has 3 unspecified atom stereocenters. The lowest BCUT2D eigenvalue weighted by Gasteiger charge is -2.43. The number of aliphatic hydroxyl groups is 2. The van der Waals surface area contributed by atoms with Gasteiger partial charge in [-0.15, -0.1) is 0 Å². The minimum atomic E-state index is -0.953. The first kappa shape index (κ1) is 12.2. The number of nitrogens with zero attached hydrogens (tertiary/aromatic N) is 4. The number of nitrogen functional groups attached to an aromatic ring is 1. The van der Waals surface area contributed by atoms with Crippen LogP contribution in [0.4, 0.5) is 10.2 Å². The van der Waals surface area contributed by atoms with Crippen molar-refractivity contribution >= 4 is 17.0 Å². The monoisotopic (exact) mass is 269 g/mol. The van der Waals surface area contributed by atoms with Crippen molar-refractivity contribution in [3.8, 4) is 0 Å². The smallest absolute Gasteiger partial charge is 0.312 e. The van der Waals surface area contributed by atoms with Gasteiger partial charge >= 0.3 is 6.08 Å². The molecule has 102 valence electrons. The van der Waals surface area contributed by atoms with Crippen molar-refractivity contribution in [3.63, 3.8) is 0 Å². The van der Waals surface area contributed by atoms with Crippen LogP contribution in [-0.2, 0) is 4.74 Å². The second kappa shape index (κ2) is 4.37. The number of rotatable bonds is 3. The van der Waals surface area contributed by atoms with E-state index in [1.807, 2.05) is 0 Å². The molecule has 2 aromatic rings. The predicted molar refractivity (Wildman–Crippen MR) is 61.3 cm³/mol. The van der Waals surface area contributed by atoms with Crippen LogP contribution in [0.1, 0.15) is 6.23 Å². The van der Waals surface area contributed by atoms with Crippen LogP contribution in [0.25, 0.3) is 11.2 Å². The van der Waals surface area contributed by atoms with Gasteiger partial charge in [0.2, 0.25) is 0 Å². The molecule has 0 amide bonds. The third-order valence-corrected chi connectivity index (χ3v) is 3.24. The minimum absolute atomic E-state index is 0.0557. The summed E-state index contributed by atoms with van der Waals surface area (Å²) in [6.45, 7) is -0.363. The van der Waals surface area contributed by atoms with E-state index in [1.54, 1.807) is 0 Å². The standard InChI is InChI=1S/C10H12FN5O3/c11-10-14-7(12)6-8(15-10)16(3-13-6)9-4(1-17)5(2-18)19-9/h3-5,9,17-18H,1-2H2,(H2,12,14,15). The molecule has 1 aliphatic heterocycles. The maximum atomic E-state index is 13.2. The maximum Gasteiger partial charge on any atom is 0.312 e. The normalized spacial score (nSPS) is 26.6. The Kier molecular flexibility index (Phi) is 2.81. The quantitative estimate of drug-likeness (QED) is 0.614. The van der Waals surface area contributed by atoms with Crippen molar-refractivity contribution in [3.05, 3.63) is 12.4 Å². The van der Waals surface area contributed by atoms with E-state index in [1.165, 1.54) is 10.9 Å². The molecule has 8 nitrogen and oxygen atoms in total. The van der Waals surface area contributed by atoms with Gasteiger partial charge in [-0.05, 0) is 0 Å². The number of anilines is 1. The number of imidazole rings is 1. The molecule has 0 saturated carbocycles. The Balaban J connectivity index is 2.02. The fraction of sp³-hybridized carbons (Fsp3) is 0.500. The molecule has 0 aromatic carbocycles. The maximum absolute atomic E-state index is 13.2. The molecule has 3 heterocycles. The predicted octanol–water partition coefficient (Wildman–Crippen LogP) is -0.954. The molecule has 1 saturated heterocycles. The Morgan fingerprint density at radius 3 is 2.84 bits per heavy atom. The zero-order valence-electron chi connectivity index (χ0n) is 9.77. The van der Waals surface area contributed by atoms with Gasteiger partial charge < -0.3 is 20.7 Å². The molecule has 0 aliphatic carbocycles. The van der Waals surface area contributed by atoms with E-state index in [4.69, 9.17) is 15.6 Å². The molecule has 3 atom stereocenters. The highest BCUT2D eigenvalue weighted by Gasteiger charge is 2.43. The molecule has 3 rings (SSSR count). The summed E-state index contributed by atoms with van der Waals surface area (Å²) < 4.78 is 20.1. The molecule has 4 N–H and O–H groups in total. The molecule has 1 fully saturated rings. The number of hydrogen-bond acceptors (Lipinski definition) is 7. The molecule has 1 aliphatic rings. The van der Waals surface area contributed by atoms with Gasteiger partial charge in [-0.25, -0.2) is 4.98 Å². The van der Waals surface area contributed by atoms with Gasteiger partial charge in [0.25, 0.3) is 0 Å². The minimum Gasteiger partial charge on any atom is -0.396 e. The number of ether oxygens (including phenoxy) is 1. The van der Waals surface area contributed by atoms with Gasteiger partial charge in [0.15, 0.2) is 17.0 Å². The van der Waals surface area contributed by atoms with Gasteiger partial charge in [-0.3, -0.25) is 4.57 Å². The topological polar surface area (TPSA) is 119 Å². The molecule has 2 aromatic heterocycles. The average molecular weight is 269 g/mol. The van der Waals surface area contributed by atoms with Crippen molar-refractivity contribution in [1.82, 2.24) is 19.5 Å². The number of aromatic nitrogens is 4. The van der Waals surface area contributed by atoms with Crippen molar-refractivity contribution in [2.45, 2.75) is 12.3 Å². The van der Waals surface area contributed by atoms with Crippen molar-refractivity contribution < 1.29 is 19.3 Å². The van der Waals surface area contributed by atoms with E-state index in [0.717, 1.165) is 0 Å². The molecule has 0 spiro atoms. The van der Waals surface area contributed by atoms with E-state index in [0.29, 0.717) is 0 Å². The number of nitrogens with two attached hydrogens (primary N) is 1. The Morgan fingerprint density at radius 2 is 2.16 bits per heavy atom. The van der Waals surface area contributed by atoms with E-state index in [2.05, 4.69) is 15.0 Å². The largest absolute Gasteiger partial charge is 0.396 e. The van der Waals surface area contributed by atoms with Crippen molar-refractivity contribution in [2.24, 2.45) is 5.92 Å². The third-order valence-electron chi connectivity index (χ3n) is 3.24.